The van der Waals surface area contributed by atoms with Crippen LogP contribution in [0, 0.1) is 0 Å². The maximum Gasteiger partial charge on any atom is 0.253 e. The number of carbonyl (C=O) groups excluding carboxylic acids is 1. The van der Waals surface area contributed by atoms with E-state index in [2.05, 4.69) is 5.43 Å². The third-order valence-electron chi connectivity index (χ3n) is 2.00. The van der Waals surface area contributed by atoms with Crippen LogP contribution in [0.25, 0.3) is 0 Å². The minimum absolute atomic E-state index is 0.185. The second-order valence-corrected chi connectivity index (χ2v) is 2.92. The van der Waals surface area contributed by atoms with Gasteiger partial charge < -0.3 is 4.90 Å². The first-order valence-corrected chi connectivity index (χ1v) is 4.57. The highest BCUT2D eigenvalue weighted by Gasteiger charge is 2.07. The summed E-state index contributed by atoms with van der Waals surface area (Å²) < 4.78 is 0. The average Bonchev–Trinajstić information content (AvgIpc) is 2.26. The van der Waals surface area contributed by atoms with Crippen molar-refractivity contribution in [2.24, 2.45) is 5.84 Å². The number of para-hydroxylation sites is 1. The first-order chi connectivity index (χ1) is 6.77. The molecule has 0 spiro atoms. The highest BCUT2D eigenvalue weighted by Crippen LogP contribution is 2.11. The summed E-state index contributed by atoms with van der Waals surface area (Å²) in [6.45, 7) is 3.06. The normalized spacial score (nSPS) is 9.57. The van der Waals surface area contributed by atoms with Crippen molar-refractivity contribution >= 4 is 11.6 Å². The van der Waals surface area contributed by atoms with E-state index in [1.54, 1.807) is 0 Å². The lowest BCUT2D eigenvalue weighted by molar-refractivity contribution is -0.119. The summed E-state index contributed by atoms with van der Waals surface area (Å²) in [6, 6.07) is 9.76. The number of carbonyl (C=O) groups is 1. The largest absolute Gasteiger partial charge is 0.362 e. The fourth-order valence-electron chi connectivity index (χ4n) is 1.24. The summed E-state index contributed by atoms with van der Waals surface area (Å²) >= 11 is 0. The van der Waals surface area contributed by atoms with Crippen LogP contribution in [0.1, 0.15) is 6.92 Å². The fourth-order valence-corrected chi connectivity index (χ4v) is 1.24. The van der Waals surface area contributed by atoms with Gasteiger partial charge in [-0.15, -0.1) is 0 Å². The Morgan fingerprint density at radius 2 is 2.07 bits per heavy atom. The maximum atomic E-state index is 11.1. The van der Waals surface area contributed by atoms with Gasteiger partial charge in [0, 0.05) is 12.2 Å². The number of nitrogens with two attached hydrogens (primary N) is 1. The van der Waals surface area contributed by atoms with E-state index >= 15 is 0 Å². The lowest BCUT2D eigenvalue weighted by atomic mass is 10.3. The van der Waals surface area contributed by atoms with Crippen molar-refractivity contribution in [3.05, 3.63) is 30.3 Å². The Morgan fingerprint density at radius 3 is 2.57 bits per heavy atom. The van der Waals surface area contributed by atoms with Crippen molar-refractivity contribution in [2.75, 3.05) is 18.0 Å². The highest BCUT2D eigenvalue weighted by molar-refractivity contribution is 5.80. The number of hydrogen-bond donors (Lipinski definition) is 2. The number of anilines is 1. The third-order valence-corrected chi connectivity index (χ3v) is 2.00. The Labute approximate surface area is 83.7 Å². The molecule has 1 aromatic carbocycles. The van der Waals surface area contributed by atoms with E-state index in [1.165, 1.54) is 0 Å². The molecular formula is C10H15N3O. The predicted octanol–water partition coefficient (Wildman–Crippen LogP) is 0.503. The smallest absolute Gasteiger partial charge is 0.253 e. The lowest BCUT2D eigenvalue weighted by Gasteiger charge is -2.21. The van der Waals surface area contributed by atoms with Crippen LogP contribution >= 0.6 is 0 Å². The molecule has 0 fully saturated rings. The van der Waals surface area contributed by atoms with Crippen LogP contribution in [0.4, 0.5) is 5.69 Å². The molecule has 0 atom stereocenters. The van der Waals surface area contributed by atoms with Gasteiger partial charge in [0.2, 0.25) is 0 Å². The molecule has 0 unspecified atom stereocenters. The number of likely N-dealkylation sites (N-methyl/N-ethyl adjacent to an activating group) is 1. The number of hydrogen-bond acceptors (Lipinski definition) is 3. The molecule has 76 valence electrons. The zero-order valence-electron chi connectivity index (χ0n) is 8.23. The standard InChI is InChI=1S/C10H15N3O/c1-2-13(8-10(14)12-11)9-6-4-3-5-7-9/h3-7H,2,8,11H2,1H3,(H,12,14). The molecule has 0 aliphatic carbocycles. The maximum absolute atomic E-state index is 11.1. The SMILES string of the molecule is CCN(CC(=O)NN)c1ccccc1. The monoisotopic (exact) mass is 193 g/mol. The Morgan fingerprint density at radius 1 is 1.43 bits per heavy atom. The van der Waals surface area contributed by atoms with E-state index < -0.39 is 0 Å². The van der Waals surface area contributed by atoms with Crippen LogP contribution in [0.3, 0.4) is 0 Å². The Hall–Kier alpha value is -1.55. The molecule has 14 heavy (non-hydrogen) atoms. The molecule has 0 radical (unpaired) electrons. The summed E-state index contributed by atoms with van der Waals surface area (Å²) in [7, 11) is 0. The van der Waals surface area contributed by atoms with Gasteiger partial charge in [-0.05, 0) is 19.1 Å². The summed E-state index contributed by atoms with van der Waals surface area (Å²) in [5, 5.41) is 0. The van der Waals surface area contributed by atoms with Gasteiger partial charge in [0.05, 0.1) is 6.54 Å². The summed E-state index contributed by atoms with van der Waals surface area (Å²) in [5.74, 6) is 4.84. The van der Waals surface area contributed by atoms with Crippen LogP contribution in [0.15, 0.2) is 30.3 Å². The number of nitrogens with one attached hydrogen (secondary N) is 1. The van der Waals surface area contributed by atoms with Crippen LogP contribution in [0.2, 0.25) is 0 Å². The molecule has 0 aliphatic heterocycles. The minimum Gasteiger partial charge on any atom is -0.362 e. The van der Waals surface area contributed by atoms with E-state index in [9.17, 15) is 4.79 Å². The predicted molar refractivity (Wildman–Crippen MR) is 56.7 cm³/mol. The first kappa shape index (κ1) is 10.5. The van der Waals surface area contributed by atoms with Crippen molar-refractivity contribution < 1.29 is 4.79 Å². The molecule has 0 aliphatic rings. The number of amides is 1. The molecule has 4 heteroatoms. The molecule has 3 N–H and O–H groups in total. The second kappa shape index (κ2) is 5.24. The van der Waals surface area contributed by atoms with Crippen LogP contribution in [-0.2, 0) is 4.79 Å². The van der Waals surface area contributed by atoms with Gasteiger partial charge in [-0.1, -0.05) is 18.2 Å². The number of nitrogens with zero attached hydrogens (tertiary/aromatic N) is 1. The van der Waals surface area contributed by atoms with Crippen molar-refractivity contribution in [3.63, 3.8) is 0 Å². The molecule has 0 saturated carbocycles. The van der Waals surface area contributed by atoms with E-state index in [4.69, 9.17) is 5.84 Å². The van der Waals surface area contributed by atoms with Crippen molar-refractivity contribution in [1.29, 1.82) is 0 Å². The second-order valence-electron chi connectivity index (χ2n) is 2.92. The van der Waals surface area contributed by atoms with E-state index in [-0.39, 0.29) is 12.5 Å². The number of hydrazine groups is 1. The van der Waals surface area contributed by atoms with E-state index in [0.29, 0.717) is 0 Å². The third kappa shape index (κ3) is 2.74. The number of benzene rings is 1. The molecule has 1 aromatic rings. The lowest BCUT2D eigenvalue weighted by Crippen LogP contribution is -2.40. The average molecular weight is 193 g/mol. The Bertz CT molecular complexity index is 287. The Kier molecular flexibility index (Phi) is 3.94. The van der Waals surface area contributed by atoms with Gasteiger partial charge >= 0.3 is 0 Å². The molecule has 0 aromatic heterocycles. The number of rotatable bonds is 4. The van der Waals surface area contributed by atoms with Crippen LogP contribution < -0.4 is 16.2 Å². The molecule has 0 bridgehead atoms. The zero-order chi connectivity index (χ0) is 10.4. The molecule has 1 amide bonds. The van der Waals surface area contributed by atoms with Crippen LogP contribution in [0.5, 0.6) is 0 Å². The van der Waals surface area contributed by atoms with Gasteiger partial charge in [-0.25, -0.2) is 5.84 Å². The molecule has 4 nitrogen and oxygen atoms in total. The van der Waals surface area contributed by atoms with Gasteiger partial charge in [-0.2, -0.15) is 0 Å². The Balaban J connectivity index is 2.68. The van der Waals surface area contributed by atoms with E-state index in [0.717, 1.165) is 12.2 Å². The van der Waals surface area contributed by atoms with Gasteiger partial charge in [0.1, 0.15) is 0 Å². The van der Waals surface area contributed by atoms with Crippen molar-refractivity contribution in [2.45, 2.75) is 6.92 Å². The van der Waals surface area contributed by atoms with Gasteiger partial charge in [0.15, 0.2) is 0 Å². The minimum atomic E-state index is -0.185. The summed E-state index contributed by atoms with van der Waals surface area (Å²) in [5.41, 5.74) is 3.15. The molecule has 1 rings (SSSR count). The summed E-state index contributed by atoms with van der Waals surface area (Å²) in [4.78, 5) is 13.0. The van der Waals surface area contributed by atoms with E-state index in [1.807, 2.05) is 42.2 Å². The van der Waals surface area contributed by atoms with Crippen LogP contribution in [-0.4, -0.2) is 19.0 Å². The van der Waals surface area contributed by atoms with Gasteiger partial charge in [0.25, 0.3) is 5.91 Å². The van der Waals surface area contributed by atoms with Crippen molar-refractivity contribution in [3.8, 4) is 0 Å². The molecule has 0 saturated heterocycles. The topological polar surface area (TPSA) is 58.4 Å². The first-order valence-electron chi connectivity index (χ1n) is 4.57. The van der Waals surface area contributed by atoms with Crippen molar-refractivity contribution in [1.82, 2.24) is 5.43 Å². The zero-order valence-corrected chi connectivity index (χ0v) is 8.23. The molecular weight excluding hydrogens is 178 g/mol. The highest BCUT2D eigenvalue weighted by atomic mass is 16.2. The fraction of sp³-hybridized carbons (Fsp3) is 0.300. The molecule has 0 heterocycles. The summed E-state index contributed by atoms with van der Waals surface area (Å²) in [6.07, 6.45) is 0. The quantitative estimate of drug-likeness (QED) is 0.416. The van der Waals surface area contributed by atoms with Gasteiger partial charge in [-0.3, -0.25) is 10.2 Å².